The fraction of sp³-hybridized carbons (Fsp3) is 0.0909. The lowest BCUT2D eigenvalue weighted by Gasteiger charge is -2.34. The molecule has 0 saturated carbocycles. The van der Waals surface area contributed by atoms with Gasteiger partial charge in [-0.3, -0.25) is 29.3 Å². The maximum atomic E-state index is 13.4. The highest BCUT2D eigenvalue weighted by Gasteiger charge is 2.40. The number of carbonyl (C=O) groups is 1. The van der Waals surface area contributed by atoms with E-state index in [4.69, 9.17) is 9.47 Å². The van der Waals surface area contributed by atoms with E-state index in [0.29, 0.717) is 39.5 Å². The fourth-order valence-corrected chi connectivity index (χ4v) is 5.24. The molecule has 0 saturated heterocycles. The van der Waals surface area contributed by atoms with Crippen molar-refractivity contribution in [2.24, 2.45) is 5.10 Å². The van der Waals surface area contributed by atoms with Crippen LogP contribution in [0.2, 0.25) is 0 Å². The molecule has 3 N–H and O–H groups in total. The van der Waals surface area contributed by atoms with Crippen LogP contribution in [-0.2, 0) is 20.2 Å². The van der Waals surface area contributed by atoms with E-state index in [-0.39, 0.29) is 5.69 Å². The lowest BCUT2D eigenvalue weighted by atomic mass is 10.2. The van der Waals surface area contributed by atoms with Crippen molar-refractivity contribution >= 4 is 61.0 Å². The Morgan fingerprint density at radius 1 is 0.841 bits per heavy atom. The number of hydrazine groups is 2. The van der Waals surface area contributed by atoms with E-state index < -0.39 is 80.2 Å². The molecule has 0 unspecified atom stereocenters. The molecule has 22 heteroatoms. The van der Waals surface area contributed by atoms with Crippen LogP contribution in [0.15, 0.2) is 69.5 Å². The summed E-state index contributed by atoms with van der Waals surface area (Å²) in [4.78, 5) is 32.0. The third-order valence-electron chi connectivity index (χ3n) is 5.79. The van der Waals surface area contributed by atoms with Gasteiger partial charge >= 0.3 is 26.3 Å². The van der Waals surface area contributed by atoms with Crippen LogP contribution >= 0.6 is 0 Å². The van der Waals surface area contributed by atoms with Gasteiger partial charge in [-0.25, -0.2) is 4.79 Å². The molecule has 4 rings (SSSR count). The Labute approximate surface area is 247 Å². The Bertz CT molecular complexity index is 1920. The Morgan fingerprint density at radius 2 is 1.32 bits per heavy atom. The second-order valence-corrected chi connectivity index (χ2v) is 11.2. The molecule has 0 radical (unpaired) electrons. The van der Waals surface area contributed by atoms with Gasteiger partial charge in [0.05, 0.1) is 36.2 Å². The molecule has 0 aliphatic carbocycles. The molecule has 0 atom stereocenters. The monoisotopic (exact) mass is 653 g/mol. The smallest absolute Gasteiger partial charge is 0.348 e. The lowest BCUT2D eigenvalue weighted by Crippen LogP contribution is -2.50. The van der Waals surface area contributed by atoms with Gasteiger partial charge in [-0.05, 0) is 24.3 Å². The molecule has 0 aromatic heterocycles. The number of nitrogens with one attached hydrogen (secondary N) is 1. The largest absolute Gasteiger partial charge is 0.494 e. The molecule has 2 amide bonds. The van der Waals surface area contributed by atoms with E-state index in [2.05, 4.69) is 10.4 Å². The number of hydrogen-bond donors (Lipinski definition) is 3. The molecule has 3 aromatic rings. The molecule has 44 heavy (non-hydrogen) atoms. The number of benzene rings is 3. The minimum absolute atomic E-state index is 0.264. The highest BCUT2D eigenvalue weighted by Crippen LogP contribution is 2.44. The minimum atomic E-state index is -5.29. The Hall–Kier alpha value is -5.58. The van der Waals surface area contributed by atoms with E-state index in [9.17, 15) is 51.0 Å². The van der Waals surface area contributed by atoms with E-state index >= 15 is 0 Å². The summed E-state index contributed by atoms with van der Waals surface area (Å²) in [5.41, 5.74) is -2.93. The molecule has 1 heterocycles. The normalized spacial score (nSPS) is 13.1. The number of urea groups is 1. The number of anilines is 3. The van der Waals surface area contributed by atoms with Gasteiger partial charge in [0.1, 0.15) is 17.7 Å². The molecule has 20 nitrogen and oxygen atoms in total. The predicted molar refractivity (Wildman–Crippen MR) is 150 cm³/mol. The zero-order valence-corrected chi connectivity index (χ0v) is 23.8. The second-order valence-electron chi connectivity index (χ2n) is 8.40. The third kappa shape index (κ3) is 5.98. The zero-order valence-electron chi connectivity index (χ0n) is 22.2. The molecule has 3 aromatic carbocycles. The van der Waals surface area contributed by atoms with Gasteiger partial charge in [0, 0.05) is 5.69 Å². The summed E-state index contributed by atoms with van der Waals surface area (Å²) in [6.45, 7) is 0. The number of amides is 2. The SMILES string of the molecule is COc1cc([N+](=O)[O-])c(S(=O)(=O)O)cc1N1N=CN(C(=O)Nc2ccccc2)N1c1cc(S(=O)(=O)O)c([N+](=O)[O-])cc1OC. The number of nitrogens with zero attached hydrogens (tertiary/aromatic N) is 6. The molecule has 0 bridgehead atoms. The van der Waals surface area contributed by atoms with Crippen LogP contribution in [0.25, 0.3) is 0 Å². The third-order valence-corrected chi connectivity index (χ3v) is 7.55. The maximum absolute atomic E-state index is 13.4. The number of nitro benzene ring substituents is 2. The quantitative estimate of drug-likeness (QED) is 0.170. The van der Waals surface area contributed by atoms with E-state index in [0.717, 1.165) is 20.6 Å². The molecule has 0 spiro atoms. The molecule has 232 valence electrons. The summed E-state index contributed by atoms with van der Waals surface area (Å²) in [6, 6.07) is 9.27. The van der Waals surface area contributed by atoms with Crippen molar-refractivity contribution in [1.29, 1.82) is 0 Å². The Kier molecular flexibility index (Phi) is 8.27. The van der Waals surface area contributed by atoms with Crippen molar-refractivity contribution in [2.75, 3.05) is 29.8 Å². The number of nitro groups is 2. The maximum Gasteiger partial charge on any atom is 0.348 e. The zero-order chi connectivity index (χ0) is 32.6. The minimum Gasteiger partial charge on any atom is -0.494 e. The van der Waals surface area contributed by atoms with E-state index in [1.165, 1.54) is 12.1 Å². The molecular weight excluding hydrogens is 634 g/mol. The van der Waals surface area contributed by atoms with Crippen molar-refractivity contribution in [3.05, 3.63) is 74.8 Å². The van der Waals surface area contributed by atoms with Crippen molar-refractivity contribution in [3.63, 3.8) is 0 Å². The van der Waals surface area contributed by atoms with E-state index in [1.807, 2.05) is 0 Å². The standard InChI is InChI=1S/C22H19N7O13S2/c1-41-18-8-16(28(31)32)20(43(35,36)37)10-14(18)26-23-12-25(22(30)24-13-6-4-3-5-7-13)27(26)15-11-21(44(38,39)40)17(29(33)34)9-19(15)42-2/h3-12H,1-2H3,(H,24,30)(H,35,36,37)(H,38,39,40). The van der Waals surface area contributed by atoms with Gasteiger partial charge in [0.25, 0.3) is 11.4 Å². The topological polar surface area (TPSA) is 265 Å². The van der Waals surface area contributed by atoms with E-state index in [1.54, 1.807) is 18.2 Å². The number of ether oxygens (including phenoxy) is 2. The first-order valence-electron chi connectivity index (χ1n) is 11.6. The average Bonchev–Trinajstić information content (AvgIpc) is 3.40. The summed E-state index contributed by atoms with van der Waals surface area (Å²) in [5, 5.41) is 31.8. The summed E-state index contributed by atoms with van der Waals surface area (Å²) in [5.74, 6) is -0.902. The lowest BCUT2D eigenvalue weighted by molar-refractivity contribution is -0.388. The second kappa shape index (κ2) is 11.6. The van der Waals surface area contributed by atoms with Crippen LogP contribution in [0.4, 0.5) is 33.2 Å². The van der Waals surface area contributed by atoms with Crippen molar-refractivity contribution in [3.8, 4) is 11.5 Å². The summed E-state index contributed by atoms with van der Waals surface area (Å²) < 4.78 is 78.4. The molecule has 1 aliphatic rings. The van der Waals surface area contributed by atoms with Crippen molar-refractivity contribution in [2.45, 2.75) is 9.79 Å². The number of rotatable bonds is 9. The Balaban J connectivity index is 2.02. The van der Waals surface area contributed by atoms with Crippen molar-refractivity contribution in [1.82, 2.24) is 5.01 Å². The predicted octanol–water partition coefficient (Wildman–Crippen LogP) is 2.65. The molecular formula is C22H19N7O13S2. The van der Waals surface area contributed by atoms with Crippen LogP contribution in [-0.4, -0.2) is 67.4 Å². The number of carbonyl (C=O) groups excluding carboxylic acids is 1. The van der Waals surface area contributed by atoms with Crippen LogP contribution in [0.5, 0.6) is 11.5 Å². The average molecular weight is 654 g/mol. The van der Waals surface area contributed by atoms with Gasteiger partial charge in [-0.15, -0.1) is 10.2 Å². The van der Waals surface area contributed by atoms with Crippen LogP contribution in [0.1, 0.15) is 0 Å². The van der Waals surface area contributed by atoms with Gasteiger partial charge in [-0.2, -0.15) is 27.0 Å². The number of para-hydroxylation sites is 1. The molecule has 0 fully saturated rings. The first kappa shape index (κ1) is 31.4. The molecule has 1 aliphatic heterocycles. The highest BCUT2D eigenvalue weighted by molar-refractivity contribution is 7.86. The van der Waals surface area contributed by atoms with Crippen molar-refractivity contribution < 1.29 is 50.1 Å². The number of methoxy groups -OCH3 is 2. The highest BCUT2D eigenvalue weighted by atomic mass is 32.2. The van der Waals surface area contributed by atoms with Gasteiger partial charge in [-0.1, -0.05) is 18.2 Å². The number of hydrogen-bond acceptors (Lipinski definition) is 14. The van der Waals surface area contributed by atoms with Gasteiger partial charge in [0.15, 0.2) is 21.3 Å². The fourth-order valence-electron chi connectivity index (χ4n) is 3.93. The van der Waals surface area contributed by atoms with Gasteiger partial charge in [0.2, 0.25) is 0 Å². The van der Waals surface area contributed by atoms with Crippen LogP contribution < -0.4 is 25.0 Å². The van der Waals surface area contributed by atoms with Crippen LogP contribution in [0.3, 0.4) is 0 Å². The Morgan fingerprint density at radius 3 is 1.77 bits per heavy atom. The first-order chi connectivity index (χ1) is 20.6. The van der Waals surface area contributed by atoms with Crippen LogP contribution in [0, 0.1) is 20.2 Å². The summed E-state index contributed by atoms with van der Waals surface area (Å²) >= 11 is 0. The summed E-state index contributed by atoms with van der Waals surface area (Å²) in [6.07, 6.45) is 0.834. The first-order valence-corrected chi connectivity index (χ1v) is 14.4. The number of hydrazone groups is 1. The van der Waals surface area contributed by atoms with Gasteiger partial charge < -0.3 is 14.8 Å². The summed E-state index contributed by atoms with van der Waals surface area (Å²) in [7, 11) is -8.47.